The number of nitrogens with one attached hydrogen (secondary N) is 2. The predicted octanol–water partition coefficient (Wildman–Crippen LogP) is 4.29. The van der Waals surface area contributed by atoms with Crippen molar-refractivity contribution in [3.63, 3.8) is 0 Å². The molecule has 1 heterocycles. The Bertz CT molecular complexity index is 1120. The summed E-state index contributed by atoms with van der Waals surface area (Å²) in [4.78, 5) is 25.4. The van der Waals surface area contributed by atoms with E-state index >= 15 is 0 Å². The van der Waals surface area contributed by atoms with Crippen LogP contribution in [-0.4, -0.2) is 38.4 Å². The van der Waals surface area contributed by atoms with Gasteiger partial charge in [-0.3, -0.25) is 14.2 Å². The van der Waals surface area contributed by atoms with Crippen molar-refractivity contribution >= 4 is 29.3 Å². The van der Waals surface area contributed by atoms with E-state index in [-0.39, 0.29) is 23.6 Å². The maximum atomic E-state index is 12.7. The number of nitrogens with zero attached hydrogens (tertiary/aromatic N) is 3. The number of anilines is 1. The van der Waals surface area contributed by atoms with Gasteiger partial charge in [-0.05, 0) is 56.5 Å². The van der Waals surface area contributed by atoms with Crippen LogP contribution < -0.4 is 10.6 Å². The molecule has 0 saturated heterocycles. The summed E-state index contributed by atoms with van der Waals surface area (Å²) in [5.74, 6) is 0.568. The zero-order valence-electron chi connectivity index (χ0n) is 18.3. The van der Waals surface area contributed by atoms with Gasteiger partial charge in [0.2, 0.25) is 5.91 Å². The van der Waals surface area contributed by atoms with Gasteiger partial charge in [0.15, 0.2) is 5.16 Å². The molecule has 2 aromatic carbocycles. The van der Waals surface area contributed by atoms with Gasteiger partial charge in [0, 0.05) is 11.7 Å². The summed E-state index contributed by atoms with van der Waals surface area (Å²) >= 11 is 1.31. The molecule has 0 spiro atoms. The summed E-state index contributed by atoms with van der Waals surface area (Å²) in [6, 6.07) is 15.4. The molecule has 1 aliphatic rings. The molecule has 166 valence electrons. The van der Waals surface area contributed by atoms with E-state index in [0.717, 1.165) is 42.8 Å². The van der Waals surface area contributed by atoms with E-state index in [1.807, 2.05) is 42.7 Å². The molecule has 0 unspecified atom stereocenters. The Morgan fingerprint density at radius 1 is 1.06 bits per heavy atom. The minimum absolute atomic E-state index is 0.143. The Balaban J connectivity index is 1.42. The second-order valence-corrected chi connectivity index (χ2v) is 8.98. The Kier molecular flexibility index (Phi) is 6.90. The first-order valence-corrected chi connectivity index (χ1v) is 11.8. The first-order chi connectivity index (χ1) is 15.5. The van der Waals surface area contributed by atoms with Gasteiger partial charge in [0.25, 0.3) is 5.91 Å². The third kappa shape index (κ3) is 5.19. The van der Waals surface area contributed by atoms with Crippen molar-refractivity contribution in [1.82, 2.24) is 20.1 Å². The smallest absolute Gasteiger partial charge is 0.253 e. The highest BCUT2D eigenvalue weighted by molar-refractivity contribution is 7.99. The molecule has 2 amide bonds. The van der Waals surface area contributed by atoms with Gasteiger partial charge < -0.3 is 10.6 Å². The minimum Gasteiger partial charge on any atom is -0.349 e. The van der Waals surface area contributed by atoms with Crippen molar-refractivity contribution in [3.8, 4) is 5.69 Å². The fourth-order valence-electron chi connectivity index (χ4n) is 3.94. The monoisotopic (exact) mass is 449 g/mol. The van der Waals surface area contributed by atoms with Gasteiger partial charge in [0.1, 0.15) is 5.82 Å². The summed E-state index contributed by atoms with van der Waals surface area (Å²) in [5.41, 5.74) is 3.10. The number of hydrogen-bond acceptors (Lipinski definition) is 5. The number of hydrogen-bond donors (Lipinski definition) is 2. The lowest BCUT2D eigenvalue weighted by Gasteiger charge is -2.15. The van der Waals surface area contributed by atoms with Crippen LogP contribution >= 0.6 is 11.8 Å². The summed E-state index contributed by atoms with van der Waals surface area (Å²) in [5, 5.41) is 15.0. The molecule has 1 aromatic heterocycles. The summed E-state index contributed by atoms with van der Waals surface area (Å²) < 4.78 is 1.94. The summed E-state index contributed by atoms with van der Waals surface area (Å²) in [7, 11) is 0. The fourth-order valence-corrected chi connectivity index (χ4v) is 4.74. The number of amides is 2. The van der Waals surface area contributed by atoms with Gasteiger partial charge in [-0.1, -0.05) is 48.9 Å². The fraction of sp³-hybridized carbons (Fsp3) is 0.333. The van der Waals surface area contributed by atoms with Crippen molar-refractivity contribution in [2.24, 2.45) is 0 Å². The summed E-state index contributed by atoms with van der Waals surface area (Å²) in [6.07, 6.45) is 4.32. The van der Waals surface area contributed by atoms with E-state index < -0.39 is 0 Å². The number of para-hydroxylation sites is 1. The number of benzene rings is 2. The van der Waals surface area contributed by atoms with Crippen LogP contribution in [0.2, 0.25) is 0 Å². The van der Waals surface area contributed by atoms with Crippen LogP contribution in [0.25, 0.3) is 5.69 Å². The van der Waals surface area contributed by atoms with Gasteiger partial charge in [-0.2, -0.15) is 0 Å². The Hall–Kier alpha value is -3.13. The van der Waals surface area contributed by atoms with Crippen molar-refractivity contribution in [1.29, 1.82) is 0 Å². The molecule has 4 rings (SSSR count). The Morgan fingerprint density at radius 3 is 2.62 bits per heavy atom. The van der Waals surface area contributed by atoms with Crippen LogP contribution in [0.1, 0.15) is 47.4 Å². The second-order valence-electron chi connectivity index (χ2n) is 8.04. The molecule has 8 heteroatoms. The highest BCUT2D eigenvalue weighted by atomic mass is 32.2. The highest BCUT2D eigenvalue weighted by Gasteiger charge is 2.20. The number of aryl methyl sites for hydroxylation is 2. The van der Waals surface area contributed by atoms with E-state index in [9.17, 15) is 9.59 Å². The average molecular weight is 450 g/mol. The third-order valence-electron chi connectivity index (χ3n) is 5.52. The predicted molar refractivity (Wildman–Crippen MR) is 126 cm³/mol. The molecule has 32 heavy (non-hydrogen) atoms. The SMILES string of the molecule is Cc1cccc(-n2c(C)nnc2SCC(=O)Nc2ccccc2C(=O)NC2CCCC2)c1. The molecular weight excluding hydrogens is 422 g/mol. The Labute approximate surface area is 192 Å². The molecule has 2 N–H and O–H groups in total. The highest BCUT2D eigenvalue weighted by Crippen LogP contribution is 2.24. The van der Waals surface area contributed by atoms with Crippen LogP contribution in [0.5, 0.6) is 0 Å². The van der Waals surface area contributed by atoms with Gasteiger partial charge >= 0.3 is 0 Å². The van der Waals surface area contributed by atoms with E-state index in [4.69, 9.17) is 0 Å². The van der Waals surface area contributed by atoms with Gasteiger partial charge in [-0.15, -0.1) is 10.2 Å². The topological polar surface area (TPSA) is 88.9 Å². The number of carbonyl (C=O) groups excluding carboxylic acids is 2. The minimum atomic E-state index is -0.201. The van der Waals surface area contributed by atoms with Crippen LogP contribution in [-0.2, 0) is 4.79 Å². The number of aromatic nitrogens is 3. The van der Waals surface area contributed by atoms with E-state index in [1.54, 1.807) is 18.2 Å². The van der Waals surface area contributed by atoms with E-state index in [1.165, 1.54) is 11.8 Å². The number of thioether (sulfide) groups is 1. The molecule has 0 bridgehead atoms. The lowest BCUT2D eigenvalue weighted by atomic mass is 10.1. The molecule has 1 aliphatic carbocycles. The average Bonchev–Trinajstić information content (AvgIpc) is 3.42. The maximum absolute atomic E-state index is 12.7. The number of rotatable bonds is 7. The molecule has 1 saturated carbocycles. The van der Waals surface area contributed by atoms with E-state index in [0.29, 0.717) is 16.4 Å². The van der Waals surface area contributed by atoms with Gasteiger partial charge in [0.05, 0.1) is 17.0 Å². The van der Waals surface area contributed by atoms with Gasteiger partial charge in [-0.25, -0.2) is 0 Å². The van der Waals surface area contributed by atoms with E-state index in [2.05, 4.69) is 26.9 Å². The molecule has 7 nitrogen and oxygen atoms in total. The zero-order chi connectivity index (χ0) is 22.5. The van der Waals surface area contributed by atoms with Crippen LogP contribution in [0.15, 0.2) is 53.7 Å². The molecule has 0 aliphatic heterocycles. The standard InChI is InChI=1S/C24H27N5O2S/c1-16-8-7-11-19(14-16)29-17(2)27-28-24(29)32-15-22(30)26-21-13-6-5-12-20(21)23(31)25-18-9-3-4-10-18/h5-8,11-14,18H,3-4,9-10,15H2,1-2H3,(H,25,31)(H,26,30). The van der Waals surface area contributed by atoms with Crippen LogP contribution in [0.3, 0.4) is 0 Å². The van der Waals surface area contributed by atoms with Crippen LogP contribution in [0.4, 0.5) is 5.69 Å². The van der Waals surface area contributed by atoms with Crippen molar-refractivity contribution in [2.75, 3.05) is 11.1 Å². The lowest BCUT2D eigenvalue weighted by molar-refractivity contribution is -0.113. The molecule has 1 fully saturated rings. The lowest BCUT2D eigenvalue weighted by Crippen LogP contribution is -2.33. The van der Waals surface area contributed by atoms with Crippen LogP contribution in [0, 0.1) is 13.8 Å². The third-order valence-corrected chi connectivity index (χ3v) is 6.45. The largest absolute Gasteiger partial charge is 0.349 e. The van der Waals surface area contributed by atoms with Crippen molar-refractivity contribution < 1.29 is 9.59 Å². The molecule has 3 aromatic rings. The first-order valence-electron chi connectivity index (χ1n) is 10.8. The normalized spacial score (nSPS) is 13.8. The van der Waals surface area contributed by atoms with Crippen molar-refractivity contribution in [3.05, 3.63) is 65.5 Å². The van der Waals surface area contributed by atoms with Crippen molar-refractivity contribution in [2.45, 2.75) is 50.7 Å². The maximum Gasteiger partial charge on any atom is 0.253 e. The quantitative estimate of drug-likeness (QED) is 0.526. The molecule has 0 radical (unpaired) electrons. The zero-order valence-corrected chi connectivity index (χ0v) is 19.1. The molecular formula is C24H27N5O2S. The second kappa shape index (κ2) is 9.99. The number of carbonyl (C=O) groups is 2. The summed E-state index contributed by atoms with van der Waals surface area (Å²) in [6.45, 7) is 3.92. The molecule has 0 atom stereocenters. The first kappa shape index (κ1) is 22.1. The Morgan fingerprint density at radius 2 is 1.84 bits per heavy atom.